The van der Waals surface area contributed by atoms with Crippen LogP contribution in [0.2, 0.25) is 0 Å². The summed E-state index contributed by atoms with van der Waals surface area (Å²) in [6.45, 7) is 12.9. The lowest BCUT2D eigenvalue weighted by Crippen LogP contribution is -2.39. The number of carbonyl (C=O) groups excluding carboxylic acids is 1. The van der Waals surface area contributed by atoms with Gasteiger partial charge in [0, 0.05) is 24.3 Å². The van der Waals surface area contributed by atoms with Crippen LogP contribution in [-0.4, -0.2) is 53.0 Å². The molecule has 1 saturated heterocycles. The molecule has 2 aromatic rings. The Labute approximate surface area is 190 Å². The number of hydrogen-bond acceptors (Lipinski definition) is 5. The molecule has 0 atom stereocenters. The number of aromatic nitrogens is 1. The maximum absolute atomic E-state index is 12.9. The van der Waals surface area contributed by atoms with Crippen LogP contribution in [0.5, 0.6) is 11.6 Å². The SMILES string of the molecule is Cc1cc(C)c(Oc2nc(C)cc(N(CCN3CCCC3)C(=O)CC(=O)O)c2C)c(C)c1. The number of carboxylic acids is 1. The van der Waals surface area contributed by atoms with E-state index >= 15 is 0 Å². The second-order valence-electron chi connectivity index (χ2n) is 8.71. The molecule has 0 spiro atoms. The molecule has 7 nitrogen and oxygen atoms in total. The van der Waals surface area contributed by atoms with E-state index in [-0.39, 0.29) is 0 Å². The van der Waals surface area contributed by atoms with Crippen LogP contribution in [0.1, 0.15) is 47.2 Å². The van der Waals surface area contributed by atoms with Crippen LogP contribution < -0.4 is 9.64 Å². The van der Waals surface area contributed by atoms with Crippen LogP contribution in [0, 0.1) is 34.6 Å². The van der Waals surface area contributed by atoms with Gasteiger partial charge in [0.1, 0.15) is 12.2 Å². The zero-order valence-corrected chi connectivity index (χ0v) is 19.7. The largest absolute Gasteiger partial charge is 0.481 e. The van der Waals surface area contributed by atoms with Crippen LogP contribution in [0.25, 0.3) is 0 Å². The van der Waals surface area contributed by atoms with Crippen molar-refractivity contribution in [1.29, 1.82) is 0 Å². The van der Waals surface area contributed by atoms with Crippen molar-refractivity contribution in [3.63, 3.8) is 0 Å². The lowest BCUT2D eigenvalue weighted by molar-refractivity contribution is -0.140. The van der Waals surface area contributed by atoms with Crippen molar-refractivity contribution in [1.82, 2.24) is 9.88 Å². The van der Waals surface area contributed by atoms with Crippen molar-refractivity contribution in [2.24, 2.45) is 0 Å². The number of nitrogens with zero attached hydrogens (tertiary/aromatic N) is 3. The fourth-order valence-corrected chi connectivity index (χ4v) is 4.35. The van der Waals surface area contributed by atoms with Gasteiger partial charge in [-0.3, -0.25) is 9.59 Å². The monoisotopic (exact) mass is 439 g/mol. The first-order valence-electron chi connectivity index (χ1n) is 11.1. The predicted molar refractivity (Wildman–Crippen MR) is 125 cm³/mol. The molecule has 7 heteroatoms. The number of aryl methyl sites for hydroxylation is 4. The van der Waals surface area contributed by atoms with E-state index in [0.29, 0.717) is 30.4 Å². The Balaban J connectivity index is 1.96. The van der Waals surface area contributed by atoms with Crippen LogP contribution >= 0.6 is 0 Å². The molecule has 1 aliphatic rings. The fraction of sp³-hybridized carbons (Fsp3) is 0.480. The smallest absolute Gasteiger partial charge is 0.312 e. The van der Waals surface area contributed by atoms with Crippen molar-refractivity contribution in [2.45, 2.75) is 53.9 Å². The first-order chi connectivity index (χ1) is 15.2. The van der Waals surface area contributed by atoms with E-state index < -0.39 is 18.3 Å². The summed E-state index contributed by atoms with van der Waals surface area (Å²) in [4.78, 5) is 32.7. The average Bonchev–Trinajstić information content (AvgIpc) is 3.20. The van der Waals surface area contributed by atoms with E-state index in [2.05, 4.69) is 22.0 Å². The maximum atomic E-state index is 12.9. The molecule has 2 heterocycles. The number of likely N-dealkylation sites (tertiary alicyclic amines) is 1. The lowest BCUT2D eigenvalue weighted by atomic mass is 10.1. The molecule has 0 aliphatic carbocycles. The van der Waals surface area contributed by atoms with Gasteiger partial charge in [-0.2, -0.15) is 0 Å². The molecular weight excluding hydrogens is 406 g/mol. The lowest BCUT2D eigenvalue weighted by Gasteiger charge is -2.27. The van der Waals surface area contributed by atoms with Gasteiger partial charge in [-0.05, 0) is 77.7 Å². The summed E-state index contributed by atoms with van der Waals surface area (Å²) in [6.07, 6.45) is 1.76. The summed E-state index contributed by atoms with van der Waals surface area (Å²) in [5.74, 6) is -0.376. The van der Waals surface area contributed by atoms with Crippen molar-refractivity contribution >= 4 is 17.6 Å². The molecule has 1 aromatic carbocycles. The first kappa shape index (κ1) is 23.7. The molecule has 1 amide bonds. The summed E-state index contributed by atoms with van der Waals surface area (Å²) >= 11 is 0. The number of hydrogen-bond donors (Lipinski definition) is 1. The zero-order valence-electron chi connectivity index (χ0n) is 19.7. The van der Waals surface area contributed by atoms with Gasteiger partial charge in [0.05, 0.1) is 5.69 Å². The molecule has 1 aliphatic heterocycles. The predicted octanol–water partition coefficient (Wildman–Crippen LogP) is 4.32. The van der Waals surface area contributed by atoms with Gasteiger partial charge in [-0.15, -0.1) is 0 Å². The molecule has 1 fully saturated rings. The van der Waals surface area contributed by atoms with Gasteiger partial charge in [0.2, 0.25) is 11.8 Å². The Kier molecular flexibility index (Phi) is 7.51. The standard InChI is InChI=1S/C25H33N3O4/c1-16-12-17(2)24(18(3)13-16)32-25-20(5)21(14-19(4)26-25)28(22(29)15-23(30)31)11-10-27-8-6-7-9-27/h12-14H,6-11,15H2,1-5H3,(H,30,31). The number of pyridine rings is 1. The maximum Gasteiger partial charge on any atom is 0.312 e. The minimum atomic E-state index is -1.13. The average molecular weight is 440 g/mol. The van der Waals surface area contributed by atoms with Crippen molar-refractivity contribution in [2.75, 3.05) is 31.1 Å². The zero-order chi connectivity index (χ0) is 23.4. The van der Waals surface area contributed by atoms with Crippen LogP contribution in [0.3, 0.4) is 0 Å². The number of benzene rings is 1. The van der Waals surface area contributed by atoms with Gasteiger partial charge >= 0.3 is 5.97 Å². The first-order valence-corrected chi connectivity index (χ1v) is 11.1. The topological polar surface area (TPSA) is 83.0 Å². The van der Waals surface area contributed by atoms with E-state index in [0.717, 1.165) is 53.9 Å². The molecule has 1 N–H and O–H groups in total. The van der Waals surface area contributed by atoms with Gasteiger partial charge in [0.25, 0.3) is 0 Å². The third-order valence-corrected chi connectivity index (χ3v) is 5.86. The third kappa shape index (κ3) is 5.65. The Bertz CT molecular complexity index is 989. The number of ether oxygens (including phenoxy) is 1. The van der Waals surface area contributed by atoms with E-state index in [1.54, 1.807) is 4.90 Å². The normalized spacial score (nSPS) is 13.9. The second kappa shape index (κ2) is 10.1. The van der Waals surface area contributed by atoms with Crippen LogP contribution in [0.4, 0.5) is 5.69 Å². The Morgan fingerprint density at radius 1 is 1.06 bits per heavy atom. The number of carboxylic acid groups (broad SMARTS) is 1. The Morgan fingerprint density at radius 3 is 2.28 bits per heavy atom. The molecule has 172 valence electrons. The molecule has 3 rings (SSSR count). The number of rotatable bonds is 8. The highest BCUT2D eigenvalue weighted by Gasteiger charge is 2.24. The van der Waals surface area contributed by atoms with E-state index in [1.807, 2.05) is 40.7 Å². The second-order valence-corrected chi connectivity index (χ2v) is 8.71. The van der Waals surface area contributed by atoms with Crippen molar-refractivity contribution in [3.8, 4) is 11.6 Å². The number of amides is 1. The van der Waals surface area contributed by atoms with E-state index in [1.165, 1.54) is 0 Å². The highest BCUT2D eigenvalue weighted by molar-refractivity contribution is 6.03. The fourth-order valence-electron chi connectivity index (χ4n) is 4.35. The number of aliphatic carboxylic acids is 1. The molecule has 1 aromatic heterocycles. The molecule has 0 bridgehead atoms. The van der Waals surface area contributed by atoms with Crippen LogP contribution in [0.15, 0.2) is 18.2 Å². The molecule has 0 radical (unpaired) electrons. The van der Waals surface area contributed by atoms with Gasteiger partial charge < -0.3 is 19.6 Å². The number of carbonyl (C=O) groups is 2. The quantitative estimate of drug-likeness (QED) is 0.617. The van der Waals surface area contributed by atoms with Crippen molar-refractivity contribution in [3.05, 3.63) is 46.1 Å². The van der Waals surface area contributed by atoms with E-state index in [4.69, 9.17) is 4.74 Å². The summed E-state index contributed by atoms with van der Waals surface area (Å²) in [7, 11) is 0. The van der Waals surface area contributed by atoms with E-state index in [9.17, 15) is 14.7 Å². The minimum absolute atomic E-state index is 0.429. The molecular formula is C25H33N3O4. The van der Waals surface area contributed by atoms with Crippen molar-refractivity contribution < 1.29 is 19.4 Å². The molecule has 0 unspecified atom stereocenters. The highest BCUT2D eigenvalue weighted by Crippen LogP contribution is 2.35. The number of anilines is 1. The minimum Gasteiger partial charge on any atom is -0.481 e. The Morgan fingerprint density at radius 2 is 1.69 bits per heavy atom. The van der Waals surface area contributed by atoms with Gasteiger partial charge in [-0.1, -0.05) is 17.7 Å². The summed E-state index contributed by atoms with van der Waals surface area (Å²) < 4.78 is 6.26. The van der Waals surface area contributed by atoms with Gasteiger partial charge in [-0.25, -0.2) is 4.98 Å². The van der Waals surface area contributed by atoms with Crippen LogP contribution in [-0.2, 0) is 9.59 Å². The summed E-state index contributed by atoms with van der Waals surface area (Å²) in [6, 6.07) is 5.96. The summed E-state index contributed by atoms with van der Waals surface area (Å²) in [5.41, 5.74) is 5.27. The molecule has 0 saturated carbocycles. The molecule has 32 heavy (non-hydrogen) atoms. The van der Waals surface area contributed by atoms with Gasteiger partial charge in [0.15, 0.2) is 0 Å². The summed E-state index contributed by atoms with van der Waals surface area (Å²) in [5, 5.41) is 9.22. The third-order valence-electron chi connectivity index (χ3n) is 5.86. The Hall–Kier alpha value is -2.93. The highest BCUT2D eigenvalue weighted by atomic mass is 16.5.